The van der Waals surface area contributed by atoms with Gasteiger partial charge in [-0.1, -0.05) is 0 Å². The highest BCUT2D eigenvalue weighted by Gasteiger charge is 2.20. The molecule has 10 heavy (non-hydrogen) atoms. The van der Waals surface area contributed by atoms with Crippen LogP contribution in [-0.4, -0.2) is 16.6 Å². The minimum atomic E-state index is 0.843. The summed E-state index contributed by atoms with van der Waals surface area (Å²) in [6.07, 6.45) is 6.70. The molecule has 2 rings (SSSR count). The fourth-order valence-electron chi connectivity index (χ4n) is 1.10. The predicted molar refractivity (Wildman–Crippen MR) is 36.1 cm³/mol. The summed E-state index contributed by atoms with van der Waals surface area (Å²) >= 11 is 0. The van der Waals surface area contributed by atoms with Crippen molar-refractivity contribution in [2.75, 3.05) is 6.61 Å². The van der Waals surface area contributed by atoms with Crippen molar-refractivity contribution in [3.8, 4) is 0 Å². The molecule has 0 saturated carbocycles. The van der Waals surface area contributed by atoms with Crippen LogP contribution < -0.4 is 0 Å². The first-order chi connectivity index (χ1) is 4.97. The first-order valence-electron chi connectivity index (χ1n) is 3.45. The summed E-state index contributed by atoms with van der Waals surface area (Å²) in [4.78, 5) is 7.09. The van der Waals surface area contributed by atoms with E-state index in [4.69, 9.17) is 4.74 Å². The van der Waals surface area contributed by atoms with Crippen molar-refractivity contribution in [1.29, 1.82) is 0 Å². The smallest absolute Gasteiger partial charge is 0.161 e. The Hall–Kier alpha value is -0.830. The quantitative estimate of drug-likeness (QED) is 0.629. The molecule has 1 aromatic rings. The summed E-state index contributed by atoms with van der Waals surface area (Å²) in [7, 11) is 0. The van der Waals surface area contributed by atoms with Crippen molar-refractivity contribution in [2.45, 2.75) is 12.8 Å². The van der Waals surface area contributed by atoms with Gasteiger partial charge in [0.2, 0.25) is 0 Å². The number of ether oxygens (including phenoxy) is 1. The number of hydrogen-bond acceptors (Lipinski definition) is 2. The van der Waals surface area contributed by atoms with Crippen LogP contribution in [0.3, 0.4) is 0 Å². The molecule has 0 bridgehead atoms. The SMILES string of the molecule is c1c[nH]c([C]2CCCO2)n1. The van der Waals surface area contributed by atoms with Gasteiger partial charge in [-0.3, -0.25) is 0 Å². The van der Waals surface area contributed by atoms with Gasteiger partial charge in [-0.05, 0) is 12.8 Å². The first-order valence-corrected chi connectivity index (χ1v) is 3.45. The van der Waals surface area contributed by atoms with E-state index >= 15 is 0 Å². The van der Waals surface area contributed by atoms with Gasteiger partial charge in [0.1, 0.15) is 5.82 Å². The summed E-state index contributed by atoms with van der Waals surface area (Å²) in [5.41, 5.74) is 0. The lowest BCUT2D eigenvalue weighted by Crippen LogP contribution is -1.98. The molecule has 1 aromatic heterocycles. The average Bonchev–Trinajstić information content (AvgIpc) is 2.59. The molecule has 53 valence electrons. The van der Waals surface area contributed by atoms with E-state index in [2.05, 4.69) is 9.97 Å². The Kier molecular flexibility index (Phi) is 1.43. The van der Waals surface area contributed by atoms with Crippen LogP contribution in [0.5, 0.6) is 0 Å². The molecule has 1 N–H and O–H groups in total. The van der Waals surface area contributed by atoms with E-state index in [1.807, 2.05) is 6.20 Å². The largest absolute Gasteiger partial charge is 0.363 e. The third-order valence-corrected chi connectivity index (χ3v) is 1.59. The highest BCUT2D eigenvalue weighted by atomic mass is 16.5. The van der Waals surface area contributed by atoms with Gasteiger partial charge in [-0.2, -0.15) is 0 Å². The van der Waals surface area contributed by atoms with E-state index < -0.39 is 0 Å². The van der Waals surface area contributed by atoms with Crippen LogP contribution in [0, 0.1) is 6.10 Å². The van der Waals surface area contributed by atoms with E-state index in [1.165, 1.54) is 0 Å². The van der Waals surface area contributed by atoms with Crippen molar-refractivity contribution < 1.29 is 4.74 Å². The van der Waals surface area contributed by atoms with E-state index in [9.17, 15) is 0 Å². The molecule has 1 aliphatic heterocycles. The maximum atomic E-state index is 5.32. The van der Waals surface area contributed by atoms with Gasteiger partial charge in [-0.15, -0.1) is 0 Å². The van der Waals surface area contributed by atoms with Crippen molar-refractivity contribution >= 4 is 0 Å². The number of aromatic amines is 1. The zero-order valence-corrected chi connectivity index (χ0v) is 5.63. The van der Waals surface area contributed by atoms with E-state index in [1.54, 1.807) is 6.20 Å². The van der Waals surface area contributed by atoms with Crippen LogP contribution in [-0.2, 0) is 4.74 Å². The third-order valence-electron chi connectivity index (χ3n) is 1.59. The summed E-state index contributed by atoms with van der Waals surface area (Å²) in [6, 6.07) is 0. The Morgan fingerprint density at radius 2 is 2.60 bits per heavy atom. The van der Waals surface area contributed by atoms with Crippen LogP contribution in [0.4, 0.5) is 0 Å². The molecule has 1 aliphatic rings. The maximum Gasteiger partial charge on any atom is 0.161 e. The monoisotopic (exact) mass is 137 g/mol. The molecular weight excluding hydrogens is 128 g/mol. The summed E-state index contributed by atoms with van der Waals surface area (Å²) < 4.78 is 5.32. The number of H-pyrrole nitrogens is 1. The Morgan fingerprint density at radius 1 is 1.60 bits per heavy atom. The summed E-state index contributed by atoms with van der Waals surface area (Å²) in [6.45, 7) is 0.843. The van der Waals surface area contributed by atoms with Gasteiger partial charge in [0, 0.05) is 19.0 Å². The molecule has 0 spiro atoms. The number of nitrogens with zero attached hydrogens (tertiary/aromatic N) is 1. The van der Waals surface area contributed by atoms with Crippen molar-refractivity contribution in [3.63, 3.8) is 0 Å². The Bertz CT molecular complexity index is 189. The molecule has 0 aromatic carbocycles. The van der Waals surface area contributed by atoms with Gasteiger partial charge in [-0.25, -0.2) is 4.98 Å². The normalized spacial score (nSPS) is 20.0. The van der Waals surface area contributed by atoms with Gasteiger partial charge >= 0.3 is 0 Å². The van der Waals surface area contributed by atoms with E-state index in [-0.39, 0.29) is 0 Å². The number of rotatable bonds is 1. The Morgan fingerprint density at radius 3 is 3.20 bits per heavy atom. The molecule has 2 heterocycles. The van der Waals surface area contributed by atoms with Crippen LogP contribution in [0.25, 0.3) is 0 Å². The summed E-state index contributed by atoms with van der Waals surface area (Å²) in [5, 5.41) is 0. The zero-order valence-electron chi connectivity index (χ0n) is 5.63. The van der Waals surface area contributed by atoms with Crippen LogP contribution >= 0.6 is 0 Å². The predicted octanol–water partition coefficient (Wildman–Crippen LogP) is 1.10. The summed E-state index contributed by atoms with van der Waals surface area (Å²) in [5.74, 6) is 0.887. The molecule has 0 aliphatic carbocycles. The van der Waals surface area contributed by atoms with Crippen molar-refractivity contribution in [2.24, 2.45) is 0 Å². The molecule has 0 atom stereocenters. The second-order valence-electron chi connectivity index (χ2n) is 2.31. The lowest BCUT2D eigenvalue weighted by Gasteiger charge is -2.01. The van der Waals surface area contributed by atoms with Gasteiger partial charge in [0.05, 0.1) is 0 Å². The molecule has 1 saturated heterocycles. The molecule has 1 radical (unpaired) electrons. The van der Waals surface area contributed by atoms with E-state index in [0.717, 1.165) is 31.4 Å². The number of imidazole rings is 1. The maximum absolute atomic E-state index is 5.32. The van der Waals surface area contributed by atoms with Gasteiger partial charge in [0.25, 0.3) is 0 Å². The second kappa shape index (κ2) is 2.42. The molecule has 3 nitrogen and oxygen atoms in total. The lowest BCUT2D eigenvalue weighted by atomic mass is 10.2. The molecule has 3 heteroatoms. The fourth-order valence-corrected chi connectivity index (χ4v) is 1.10. The second-order valence-corrected chi connectivity index (χ2v) is 2.31. The first kappa shape index (κ1) is 5.92. The van der Waals surface area contributed by atoms with Crippen LogP contribution in [0.1, 0.15) is 18.7 Å². The standard InChI is InChI=1S/C7H9N2O/c1-2-6(10-5-1)7-8-3-4-9-7/h3-4H,1-2,5H2,(H,8,9). The molecule has 0 amide bonds. The number of hydrogen-bond donors (Lipinski definition) is 1. The fraction of sp³-hybridized carbons (Fsp3) is 0.429. The van der Waals surface area contributed by atoms with Gasteiger partial charge < -0.3 is 9.72 Å². The zero-order chi connectivity index (χ0) is 6.81. The van der Waals surface area contributed by atoms with Crippen LogP contribution in [0.2, 0.25) is 0 Å². The minimum absolute atomic E-state index is 0.843. The van der Waals surface area contributed by atoms with E-state index in [0.29, 0.717) is 0 Å². The third kappa shape index (κ3) is 0.926. The Balaban J connectivity index is 2.12. The number of nitrogens with one attached hydrogen (secondary N) is 1. The molecule has 1 fully saturated rings. The average molecular weight is 137 g/mol. The number of aromatic nitrogens is 2. The van der Waals surface area contributed by atoms with Crippen LogP contribution in [0.15, 0.2) is 12.4 Å². The topological polar surface area (TPSA) is 37.9 Å². The Labute approximate surface area is 59.4 Å². The van der Waals surface area contributed by atoms with Gasteiger partial charge in [0.15, 0.2) is 6.10 Å². The highest BCUT2D eigenvalue weighted by Crippen LogP contribution is 2.23. The molecular formula is C7H9N2O. The van der Waals surface area contributed by atoms with Crippen molar-refractivity contribution in [3.05, 3.63) is 24.3 Å². The minimum Gasteiger partial charge on any atom is -0.363 e. The molecule has 0 unspecified atom stereocenters. The lowest BCUT2D eigenvalue weighted by molar-refractivity contribution is 0.211. The van der Waals surface area contributed by atoms with Crippen molar-refractivity contribution in [1.82, 2.24) is 9.97 Å². The highest BCUT2D eigenvalue weighted by molar-refractivity contribution is 5.10.